The Balaban J connectivity index is 2.35. The first-order valence-corrected chi connectivity index (χ1v) is 5.82. The standard InChI is InChI=1S/C13H13ClN2/c14-11-6-4-10(5-7-11)12(9-15)13-3-1-2-8-16-13/h4-7,16H,1-3,8H2. The lowest BCUT2D eigenvalue weighted by Gasteiger charge is -2.18. The first-order chi connectivity index (χ1) is 7.81. The van der Waals surface area contributed by atoms with Crippen molar-refractivity contribution in [2.24, 2.45) is 0 Å². The molecule has 1 aliphatic rings. The minimum Gasteiger partial charge on any atom is -0.387 e. The Bertz CT molecular complexity index is 432. The Morgan fingerprint density at radius 3 is 2.56 bits per heavy atom. The number of nitrogens with zero attached hydrogens (tertiary/aromatic N) is 1. The van der Waals surface area contributed by atoms with Gasteiger partial charge in [0.05, 0.1) is 5.57 Å². The van der Waals surface area contributed by atoms with Gasteiger partial charge >= 0.3 is 0 Å². The fourth-order valence-corrected chi connectivity index (χ4v) is 2.02. The Labute approximate surface area is 101 Å². The van der Waals surface area contributed by atoms with Crippen LogP contribution in [0, 0.1) is 11.3 Å². The number of hydrogen-bond donors (Lipinski definition) is 1. The molecule has 0 bridgehead atoms. The fourth-order valence-electron chi connectivity index (χ4n) is 1.89. The van der Waals surface area contributed by atoms with Crippen LogP contribution in [0.5, 0.6) is 0 Å². The van der Waals surface area contributed by atoms with Crippen LogP contribution in [0.15, 0.2) is 30.0 Å². The fraction of sp³-hybridized carbons (Fsp3) is 0.308. The van der Waals surface area contributed by atoms with Crippen molar-refractivity contribution in [3.63, 3.8) is 0 Å². The smallest absolute Gasteiger partial charge is 0.102 e. The van der Waals surface area contributed by atoms with Gasteiger partial charge in [-0.1, -0.05) is 23.7 Å². The van der Waals surface area contributed by atoms with Crippen molar-refractivity contribution in [3.05, 3.63) is 40.5 Å². The molecule has 1 N–H and O–H groups in total. The lowest BCUT2D eigenvalue weighted by Crippen LogP contribution is -2.21. The number of halogens is 1. The molecule has 0 unspecified atom stereocenters. The monoisotopic (exact) mass is 232 g/mol. The summed E-state index contributed by atoms with van der Waals surface area (Å²) >= 11 is 5.83. The van der Waals surface area contributed by atoms with Crippen LogP contribution in [0.25, 0.3) is 5.57 Å². The summed E-state index contributed by atoms with van der Waals surface area (Å²) in [6, 6.07) is 9.70. The molecule has 1 heterocycles. The normalized spacial score (nSPS) is 18.5. The second-order valence-corrected chi connectivity index (χ2v) is 4.29. The molecule has 1 aliphatic heterocycles. The molecule has 82 valence electrons. The second kappa shape index (κ2) is 5.05. The Hall–Kier alpha value is -1.46. The molecule has 2 rings (SSSR count). The van der Waals surface area contributed by atoms with Gasteiger partial charge in [0, 0.05) is 17.3 Å². The first kappa shape index (κ1) is 11.0. The van der Waals surface area contributed by atoms with Crippen LogP contribution < -0.4 is 5.32 Å². The van der Waals surface area contributed by atoms with Crippen molar-refractivity contribution in [2.75, 3.05) is 6.54 Å². The second-order valence-electron chi connectivity index (χ2n) is 3.86. The number of rotatable bonds is 1. The van der Waals surface area contributed by atoms with Crippen LogP contribution in [0.4, 0.5) is 0 Å². The number of benzene rings is 1. The first-order valence-electron chi connectivity index (χ1n) is 5.44. The number of hydrogen-bond acceptors (Lipinski definition) is 2. The van der Waals surface area contributed by atoms with Crippen LogP contribution in [0.1, 0.15) is 24.8 Å². The van der Waals surface area contributed by atoms with E-state index >= 15 is 0 Å². The van der Waals surface area contributed by atoms with E-state index < -0.39 is 0 Å². The molecule has 0 radical (unpaired) electrons. The molecule has 0 aromatic heterocycles. The number of allylic oxidation sites excluding steroid dienone is 2. The summed E-state index contributed by atoms with van der Waals surface area (Å²) in [7, 11) is 0. The van der Waals surface area contributed by atoms with Crippen molar-refractivity contribution in [2.45, 2.75) is 19.3 Å². The summed E-state index contributed by atoms with van der Waals surface area (Å²) in [6.45, 7) is 0.966. The highest BCUT2D eigenvalue weighted by atomic mass is 35.5. The zero-order valence-corrected chi connectivity index (χ0v) is 9.72. The summed E-state index contributed by atoms with van der Waals surface area (Å²) in [5.74, 6) is 0. The van der Waals surface area contributed by atoms with Crippen LogP contribution in [-0.2, 0) is 0 Å². The Morgan fingerprint density at radius 1 is 1.25 bits per heavy atom. The highest BCUT2D eigenvalue weighted by Crippen LogP contribution is 2.23. The lowest BCUT2D eigenvalue weighted by molar-refractivity contribution is 0.590. The van der Waals surface area contributed by atoms with E-state index in [1.807, 2.05) is 24.3 Å². The molecule has 0 atom stereocenters. The maximum absolute atomic E-state index is 9.22. The van der Waals surface area contributed by atoms with Crippen molar-refractivity contribution in [1.29, 1.82) is 5.26 Å². The quantitative estimate of drug-likeness (QED) is 0.754. The van der Waals surface area contributed by atoms with Crippen molar-refractivity contribution >= 4 is 17.2 Å². The van der Waals surface area contributed by atoms with E-state index in [4.69, 9.17) is 11.6 Å². The van der Waals surface area contributed by atoms with E-state index in [1.54, 1.807) is 0 Å². The number of piperidine rings is 1. The Kier molecular flexibility index (Phi) is 3.48. The van der Waals surface area contributed by atoms with E-state index in [2.05, 4.69) is 11.4 Å². The molecular weight excluding hydrogens is 220 g/mol. The van der Waals surface area contributed by atoms with Gasteiger partial charge in [-0.2, -0.15) is 5.26 Å². The van der Waals surface area contributed by atoms with E-state index in [-0.39, 0.29) is 0 Å². The van der Waals surface area contributed by atoms with Gasteiger partial charge in [0.15, 0.2) is 0 Å². The Morgan fingerprint density at radius 2 is 2.00 bits per heavy atom. The predicted molar refractivity (Wildman–Crippen MR) is 65.8 cm³/mol. The molecule has 0 aliphatic carbocycles. The number of nitriles is 1. The molecule has 1 aromatic rings. The predicted octanol–water partition coefficient (Wildman–Crippen LogP) is 3.35. The van der Waals surface area contributed by atoms with Gasteiger partial charge in [-0.15, -0.1) is 0 Å². The average molecular weight is 233 g/mol. The largest absolute Gasteiger partial charge is 0.387 e. The zero-order chi connectivity index (χ0) is 11.4. The van der Waals surface area contributed by atoms with Crippen LogP contribution in [0.3, 0.4) is 0 Å². The van der Waals surface area contributed by atoms with E-state index in [9.17, 15) is 5.26 Å². The number of nitrogens with one attached hydrogen (secondary N) is 1. The molecule has 0 saturated carbocycles. The zero-order valence-electron chi connectivity index (χ0n) is 8.96. The van der Waals surface area contributed by atoms with Crippen LogP contribution in [-0.4, -0.2) is 6.54 Å². The summed E-state index contributed by atoms with van der Waals surface area (Å²) < 4.78 is 0. The highest BCUT2D eigenvalue weighted by Gasteiger charge is 2.11. The van der Waals surface area contributed by atoms with E-state index in [0.29, 0.717) is 5.02 Å². The summed E-state index contributed by atoms with van der Waals surface area (Å²) in [6.07, 6.45) is 3.30. The average Bonchev–Trinajstić information content (AvgIpc) is 2.34. The molecule has 1 fully saturated rings. The van der Waals surface area contributed by atoms with Crippen molar-refractivity contribution in [3.8, 4) is 6.07 Å². The molecular formula is C13H13ClN2. The van der Waals surface area contributed by atoms with Crippen LogP contribution >= 0.6 is 11.6 Å². The third kappa shape index (κ3) is 2.37. The molecule has 0 spiro atoms. The van der Waals surface area contributed by atoms with Gasteiger partial charge in [0.25, 0.3) is 0 Å². The minimum absolute atomic E-state index is 0.697. The molecule has 1 aromatic carbocycles. The molecule has 3 heteroatoms. The van der Waals surface area contributed by atoms with Crippen LogP contribution in [0.2, 0.25) is 5.02 Å². The topological polar surface area (TPSA) is 35.8 Å². The maximum atomic E-state index is 9.22. The van der Waals surface area contributed by atoms with Gasteiger partial charge in [0.1, 0.15) is 6.07 Å². The lowest BCUT2D eigenvalue weighted by atomic mass is 9.99. The minimum atomic E-state index is 0.697. The molecule has 0 amide bonds. The van der Waals surface area contributed by atoms with Gasteiger partial charge in [-0.05, 0) is 37.0 Å². The van der Waals surface area contributed by atoms with Crippen molar-refractivity contribution in [1.82, 2.24) is 5.32 Å². The van der Waals surface area contributed by atoms with Gasteiger partial charge in [-0.3, -0.25) is 0 Å². The maximum Gasteiger partial charge on any atom is 0.102 e. The SMILES string of the molecule is N#CC(=C1CCCCN1)c1ccc(Cl)cc1. The summed E-state index contributed by atoms with van der Waals surface area (Å²) in [4.78, 5) is 0. The third-order valence-corrected chi connectivity index (χ3v) is 2.99. The molecule has 16 heavy (non-hydrogen) atoms. The van der Waals surface area contributed by atoms with Gasteiger partial charge in [0.2, 0.25) is 0 Å². The van der Waals surface area contributed by atoms with Gasteiger partial charge < -0.3 is 5.32 Å². The third-order valence-electron chi connectivity index (χ3n) is 2.74. The summed E-state index contributed by atoms with van der Waals surface area (Å²) in [5.41, 5.74) is 2.75. The molecule has 2 nitrogen and oxygen atoms in total. The van der Waals surface area contributed by atoms with E-state index in [0.717, 1.165) is 36.2 Å². The highest BCUT2D eigenvalue weighted by molar-refractivity contribution is 6.30. The van der Waals surface area contributed by atoms with Crippen molar-refractivity contribution < 1.29 is 0 Å². The summed E-state index contributed by atoms with van der Waals surface area (Å²) in [5, 5.41) is 13.2. The van der Waals surface area contributed by atoms with E-state index in [1.165, 1.54) is 6.42 Å². The molecule has 1 saturated heterocycles. The van der Waals surface area contributed by atoms with Gasteiger partial charge in [-0.25, -0.2) is 0 Å².